The van der Waals surface area contributed by atoms with E-state index < -0.39 is 5.92 Å². The van der Waals surface area contributed by atoms with Gasteiger partial charge in [0.25, 0.3) is 0 Å². The van der Waals surface area contributed by atoms with Crippen LogP contribution in [0.25, 0.3) is 0 Å². The van der Waals surface area contributed by atoms with Gasteiger partial charge in [-0.2, -0.15) is 5.26 Å². The van der Waals surface area contributed by atoms with Gasteiger partial charge in [0.2, 0.25) is 10.9 Å². The summed E-state index contributed by atoms with van der Waals surface area (Å²) in [7, 11) is 4.57. The van der Waals surface area contributed by atoms with Gasteiger partial charge in [0.05, 0.1) is 38.9 Å². The van der Waals surface area contributed by atoms with E-state index in [1.165, 1.54) is 44.4 Å². The van der Waals surface area contributed by atoms with Gasteiger partial charge in [-0.15, -0.1) is 16.8 Å². The van der Waals surface area contributed by atoms with Crippen molar-refractivity contribution in [2.45, 2.75) is 36.9 Å². The summed E-state index contributed by atoms with van der Waals surface area (Å²) in [6.45, 7) is 7.84. The number of allylic oxidation sites excluding steroid dienone is 3. The van der Waals surface area contributed by atoms with Crippen molar-refractivity contribution in [1.82, 2.24) is 10.2 Å². The molecule has 1 aliphatic carbocycles. The summed E-state index contributed by atoms with van der Waals surface area (Å²) in [6, 6.07) is 5.80. The number of anilines is 1. The molecule has 37 heavy (non-hydrogen) atoms. The number of nitrogens with two attached hydrogens (primary N) is 1. The maximum atomic E-state index is 13.8. The van der Waals surface area contributed by atoms with Crippen LogP contribution in [0.4, 0.5) is 5.13 Å². The summed E-state index contributed by atoms with van der Waals surface area (Å²) < 4.78 is 17.3. The van der Waals surface area contributed by atoms with Crippen molar-refractivity contribution in [3.8, 4) is 23.3 Å². The molecule has 2 N–H and O–H groups in total. The molecule has 0 spiro atoms. The Morgan fingerprint density at radius 1 is 1.24 bits per heavy atom. The predicted molar refractivity (Wildman–Crippen MR) is 144 cm³/mol. The summed E-state index contributed by atoms with van der Waals surface area (Å²) in [5.74, 6) is 1.44. The number of hydrogen-bond acceptors (Lipinski definition) is 11. The minimum atomic E-state index is -0.698. The number of Topliss-reactive ketones (excluding diaryl/α,β-unsaturated/α-hetero) is 1. The molecule has 0 fully saturated rings. The first-order chi connectivity index (χ1) is 17.7. The summed E-state index contributed by atoms with van der Waals surface area (Å²) in [5, 5.41) is 19.5. The van der Waals surface area contributed by atoms with Crippen molar-refractivity contribution < 1.29 is 19.0 Å². The molecule has 2 aromatic rings. The van der Waals surface area contributed by atoms with Crippen LogP contribution in [-0.2, 0) is 4.79 Å². The molecule has 11 heteroatoms. The van der Waals surface area contributed by atoms with Crippen LogP contribution >= 0.6 is 23.1 Å². The summed E-state index contributed by atoms with van der Waals surface area (Å²) >= 11 is 2.87. The number of ketones is 1. The third-order valence-corrected chi connectivity index (χ3v) is 8.35. The highest BCUT2D eigenvalue weighted by Gasteiger charge is 2.45. The molecule has 1 atom stereocenters. The molecule has 0 saturated carbocycles. The van der Waals surface area contributed by atoms with Gasteiger partial charge in [-0.1, -0.05) is 43.0 Å². The molecular weight excluding hydrogens is 510 g/mol. The zero-order valence-electron chi connectivity index (χ0n) is 21.5. The van der Waals surface area contributed by atoms with Crippen LogP contribution in [0, 0.1) is 16.7 Å². The normalized spacial score (nSPS) is 18.9. The fourth-order valence-electron chi connectivity index (χ4n) is 4.81. The van der Waals surface area contributed by atoms with E-state index in [4.69, 9.17) is 19.9 Å². The van der Waals surface area contributed by atoms with Crippen molar-refractivity contribution in [2.75, 3.05) is 32.0 Å². The molecule has 1 unspecified atom stereocenters. The van der Waals surface area contributed by atoms with E-state index in [0.29, 0.717) is 52.1 Å². The highest BCUT2D eigenvalue weighted by Crippen LogP contribution is 2.52. The topological polar surface area (TPSA) is 124 Å². The Hall–Kier alpha value is -3.49. The van der Waals surface area contributed by atoms with Crippen LogP contribution in [0.2, 0.25) is 0 Å². The van der Waals surface area contributed by atoms with E-state index in [1.807, 2.05) is 13.8 Å². The number of carbonyl (C=O) groups is 1. The summed E-state index contributed by atoms with van der Waals surface area (Å²) in [5.41, 5.74) is 8.55. The van der Waals surface area contributed by atoms with Crippen LogP contribution in [0.3, 0.4) is 0 Å². The largest absolute Gasteiger partial charge is 0.493 e. The number of ether oxygens (including phenoxy) is 3. The van der Waals surface area contributed by atoms with Crippen LogP contribution < -0.4 is 24.8 Å². The lowest BCUT2D eigenvalue weighted by molar-refractivity contribution is -0.118. The fourth-order valence-corrected chi connectivity index (χ4v) is 6.45. The van der Waals surface area contributed by atoms with Crippen molar-refractivity contribution in [2.24, 2.45) is 11.1 Å². The lowest BCUT2D eigenvalue weighted by atomic mass is 9.68. The number of benzene rings is 1. The lowest BCUT2D eigenvalue weighted by Crippen LogP contribution is -2.42. The van der Waals surface area contributed by atoms with E-state index >= 15 is 0 Å². The van der Waals surface area contributed by atoms with Gasteiger partial charge >= 0.3 is 0 Å². The first-order valence-electron chi connectivity index (χ1n) is 11.5. The van der Waals surface area contributed by atoms with Crippen LogP contribution in [0.15, 0.2) is 51.8 Å². The number of hydrogen-bond donors (Lipinski definition) is 1. The van der Waals surface area contributed by atoms with Gasteiger partial charge in [0, 0.05) is 23.4 Å². The Balaban J connectivity index is 1.96. The summed E-state index contributed by atoms with van der Waals surface area (Å²) in [4.78, 5) is 15.5. The van der Waals surface area contributed by atoms with Gasteiger partial charge in [0.1, 0.15) is 5.82 Å². The Morgan fingerprint density at radius 3 is 2.49 bits per heavy atom. The van der Waals surface area contributed by atoms with E-state index in [9.17, 15) is 10.1 Å². The third-order valence-electron chi connectivity index (χ3n) is 6.31. The molecule has 1 aromatic carbocycles. The van der Waals surface area contributed by atoms with Crippen LogP contribution in [-0.4, -0.2) is 43.1 Å². The standard InChI is InChI=1S/C26H29N5O4S2/c1-7-8-36-25-30-29-24(37-25)31-16-11-26(2,3)12-17(32)21(16)20(15(13-27)23(31)28)14-9-18(33-4)22(35-6)19(10-14)34-5/h7,9-10,20H,1,8,11-12,28H2,2-6H3. The lowest BCUT2D eigenvalue weighted by Gasteiger charge is -2.42. The van der Waals surface area contributed by atoms with E-state index in [-0.39, 0.29) is 22.6 Å². The molecular formula is C26H29N5O4S2. The number of methoxy groups -OCH3 is 3. The average Bonchev–Trinajstić information content (AvgIpc) is 3.33. The summed E-state index contributed by atoms with van der Waals surface area (Å²) in [6.07, 6.45) is 2.71. The first-order valence-corrected chi connectivity index (χ1v) is 13.3. The van der Waals surface area contributed by atoms with Gasteiger partial charge in [-0.25, -0.2) is 0 Å². The zero-order chi connectivity index (χ0) is 26.9. The number of thioether (sulfide) groups is 1. The maximum absolute atomic E-state index is 13.8. The fraction of sp³-hybridized carbons (Fsp3) is 0.385. The first kappa shape index (κ1) is 26.6. The highest BCUT2D eigenvalue weighted by atomic mass is 32.2. The Bertz CT molecular complexity index is 1330. The number of aromatic nitrogens is 2. The maximum Gasteiger partial charge on any atom is 0.219 e. The molecule has 0 radical (unpaired) electrons. The van der Waals surface area contributed by atoms with E-state index in [1.54, 1.807) is 23.1 Å². The van der Waals surface area contributed by atoms with Crippen LogP contribution in [0.1, 0.15) is 38.2 Å². The average molecular weight is 540 g/mol. The molecule has 1 aromatic heterocycles. The van der Waals surface area contributed by atoms with Gasteiger partial charge in [-0.05, 0) is 29.5 Å². The molecule has 1 aliphatic heterocycles. The predicted octanol–water partition coefficient (Wildman–Crippen LogP) is 4.78. The second-order valence-electron chi connectivity index (χ2n) is 9.39. The SMILES string of the molecule is C=CCSc1nnc(N2C(N)=C(C#N)C(c3cc(OC)c(OC)c(OC)c3)C3=C2CC(C)(C)CC3=O)s1. The Labute approximate surface area is 224 Å². The molecule has 4 rings (SSSR count). The minimum absolute atomic E-state index is 0.0407. The molecule has 9 nitrogen and oxygen atoms in total. The quantitative estimate of drug-likeness (QED) is 0.370. The van der Waals surface area contributed by atoms with Crippen LogP contribution in [0.5, 0.6) is 17.2 Å². The van der Waals surface area contributed by atoms with E-state index in [0.717, 1.165) is 10.0 Å². The number of nitriles is 1. The molecule has 194 valence electrons. The second kappa shape index (κ2) is 10.5. The Kier molecular flexibility index (Phi) is 7.52. The van der Waals surface area contributed by atoms with E-state index in [2.05, 4.69) is 22.8 Å². The monoisotopic (exact) mass is 539 g/mol. The van der Waals surface area contributed by atoms with Gasteiger partial charge in [0.15, 0.2) is 21.6 Å². The molecule has 0 saturated heterocycles. The number of carbonyl (C=O) groups excluding carboxylic acids is 1. The highest BCUT2D eigenvalue weighted by molar-refractivity contribution is 8.01. The Morgan fingerprint density at radius 2 is 1.92 bits per heavy atom. The minimum Gasteiger partial charge on any atom is -0.493 e. The van der Waals surface area contributed by atoms with Crippen molar-refractivity contribution in [3.63, 3.8) is 0 Å². The number of nitrogens with zero attached hydrogens (tertiary/aromatic N) is 4. The molecule has 0 amide bonds. The molecule has 2 aliphatic rings. The zero-order valence-corrected chi connectivity index (χ0v) is 23.1. The van der Waals surface area contributed by atoms with Gasteiger partial charge in [-0.3, -0.25) is 9.69 Å². The van der Waals surface area contributed by atoms with Gasteiger partial charge < -0.3 is 19.9 Å². The van der Waals surface area contributed by atoms with Crippen molar-refractivity contribution in [1.29, 1.82) is 5.26 Å². The third kappa shape index (κ3) is 4.79. The molecule has 0 bridgehead atoms. The number of rotatable bonds is 8. The molecule has 2 heterocycles. The smallest absolute Gasteiger partial charge is 0.219 e. The second-order valence-corrected chi connectivity index (χ2v) is 11.6. The van der Waals surface area contributed by atoms with Crippen molar-refractivity contribution in [3.05, 3.63) is 53.0 Å². The van der Waals surface area contributed by atoms with Crippen molar-refractivity contribution >= 4 is 34.0 Å².